The van der Waals surface area contributed by atoms with Crippen molar-refractivity contribution in [2.24, 2.45) is 0 Å². The van der Waals surface area contributed by atoms with Crippen molar-refractivity contribution in [3.63, 3.8) is 0 Å². The van der Waals surface area contributed by atoms with Crippen LogP contribution in [0.1, 0.15) is 0 Å². The van der Waals surface area contributed by atoms with Gasteiger partial charge < -0.3 is 10.2 Å². The van der Waals surface area contributed by atoms with Crippen LogP contribution in [0.5, 0.6) is 11.5 Å². The van der Waals surface area contributed by atoms with E-state index in [0.717, 1.165) is 0 Å². The molecule has 0 spiro atoms. The Labute approximate surface area is 101 Å². The van der Waals surface area contributed by atoms with E-state index in [1.54, 1.807) is 12.1 Å². The Hall–Kier alpha value is -0.830. The van der Waals surface area contributed by atoms with Crippen LogP contribution in [-0.4, -0.2) is 10.2 Å². The van der Waals surface area contributed by atoms with Gasteiger partial charge in [0.2, 0.25) is 0 Å². The zero-order valence-corrected chi connectivity index (χ0v) is 9.53. The Balaban J connectivity index is 3.04. The molecular formula is C10H5Cl3O2. The van der Waals surface area contributed by atoms with Crippen LogP contribution < -0.4 is 0 Å². The van der Waals surface area contributed by atoms with Gasteiger partial charge in [-0.3, -0.25) is 0 Å². The van der Waals surface area contributed by atoms with Gasteiger partial charge in [-0.25, -0.2) is 0 Å². The Morgan fingerprint density at radius 3 is 2.07 bits per heavy atom. The molecule has 2 nitrogen and oxygen atoms in total. The highest BCUT2D eigenvalue weighted by Crippen LogP contribution is 2.44. The summed E-state index contributed by atoms with van der Waals surface area (Å²) in [6, 6.07) is 4.60. The normalized spacial score (nSPS) is 10.9. The summed E-state index contributed by atoms with van der Waals surface area (Å²) in [5.41, 5.74) is 0. The lowest BCUT2D eigenvalue weighted by atomic mass is 10.1. The van der Waals surface area contributed by atoms with Gasteiger partial charge in [-0.1, -0.05) is 34.8 Å². The maximum Gasteiger partial charge on any atom is 0.177 e. The number of hydrogen-bond donors (Lipinski definition) is 2. The minimum absolute atomic E-state index is 0.0316. The second-order valence-electron chi connectivity index (χ2n) is 3.01. The third-order valence-electron chi connectivity index (χ3n) is 2.10. The van der Waals surface area contributed by atoms with E-state index < -0.39 is 5.75 Å². The molecule has 0 heterocycles. The van der Waals surface area contributed by atoms with Crippen molar-refractivity contribution in [1.82, 2.24) is 0 Å². The Bertz CT molecular complexity index is 552. The number of benzene rings is 2. The van der Waals surface area contributed by atoms with E-state index >= 15 is 0 Å². The molecule has 0 aliphatic carbocycles. The van der Waals surface area contributed by atoms with E-state index in [2.05, 4.69) is 0 Å². The van der Waals surface area contributed by atoms with Crippen molar-refractivity contribution in [1.29, 1.82) is 0 Å². The van der Waals surface area contributed by atoms with E-state index in [4.69, 9.17) is 34.8 Å². The molecule has 0 amide bonds. The number of phenols is 2. The molecule has 0 saturated carbocycles. The average Bonchev–Trinajstić information content (AvgIpc) is 2.20. The second kappa shape index (κ2) is 3.63. The third kappa shape index (κ3) is 1.59. The molecule has 0 bridgehead atoms. The maximum absolute atomic E-state index is 9.67. The topological polar surface area (TPSA) is 40.5 Å². The van der Waals surface area contributed by atoms with Crippen molar-refractivity contribution in [3.8, 4) is 11.5 Å². The van der Waals surface area contributed by atoms with Crippen LogP contribution in [0, 0.1) is 0 Å². The molecule has 0 saturated heterocycles. The van der Waals surface area contributed by atoms with Gasteiger partial charge in [-0.15, -0.1) is 0 Å². The maximum atomic E-state index is 9.67. The minimum Gasteiger partial charge on any atom is -0.504 e. The first-order valence-electron chi connectivity index (χ1n) is 4.00. The van der Waals surface area contributed by atoms with Crippen LogP contribution in [0.4, 0.5) is 0 Å². The van der Waals surface area contributed by atoms with Gasteiger partial charge in [0, 0.05) is 15.8 Å². The number of hydrogen-bond acceptors (Lipinski definition) is 2. The molecule has 2 rings (SSSR count). The van der Waals surface area contributed by atoms with Gasteiger partial charge in [0.25, 0.3) is 0 Å². The summed E-state index contributed by atoms with van der Waals surface area (Å²) in [7, 11) is 0. The van der Waals surface area contributed by atoms with Gasteiger partial charge in [0.05, 0.1) is 10.0 Å². The Kier molecular flexibility index (Phi) is 2.59. The summed E-state index contributed by atoms with van der Waals surface area (Å²) < 4.78 is 0. The highest BCUT2D eigenvalue weighted by atomic mass is 35.5. The number of fused-ring (bicyclic) bond motifs is 1. The SMILES string of the molecule is Oc1c(Cl)cc2c(Cl)ccc(Cl)c2c1O. The third-order valence-corrected chi connectivity index (χ3v) is 3.03. The van der Waals surface area contributed by atoms with Gasteiger partial charge in [0.1, 0.15) is 0 Å². The van der Waals surface area contributed by atoms with E-state index in [-0.39, 0.29) is 10.8 Å². The predicted molar refractivity (Wildman–Crippen MR) is 62.3 cm³/mol. The smallest absolute Gasteiger partial charge is 0.177 e. The largest absolute Gasteiger partial charge is 0.504 e. The molecule has 2 N–H and O–H groups in total. The zero-order valence-electron chi connectivity index (χ0n) is 7.26. The summed E-state index contributed by atoms with van der Waals surface area (Å²) in [4.78, 5) is 0. The summed E-state index contributed by atoms with van der Waals surface area (Å²) >= 11 is 17.5. The molecule has 0 aliphatic rings. The average molecular weight is 264 g/mol. The lowest BCUT2D eigenvalue weighted by molar-refractivity contribution is 0.408. The summed E-state index contributed by atoms with van der Waals surface area (Å²) in [6.07, 6.45) is 0. The highest BCUT2D eigenvalue weighted by molar-refractivity contribution is 6.42. The summed E-state index contributed by atoms with van der Waals surface area (Å²) in [5.74, 6) is -0.752. The van der Waals surface area contributed by atoms with E-state index in [1.165, 1.54) is 6.07 Å². The lowest BCUT2D eigenvalue weighted by Crippen LogP contribution is -1.80. The highest BCUT2D eigenvalue weighted by Gasteiger charge is 2.14. The minimum atomic E-state index is -0.395. The van der Waals surface area contributed by atoms with E-state index in [1.807, 2.05) is 0 Å². The van der Waals surface area contributed by atoms with Crippen molar-refractivity contribution >= 4 is 45.6 Å². The number of rotatable bonds is 0. The van der Waals surface area contributed by atoms with Crippen LogP contribution in [0.25, 0.3) is 10.8 Å². The lowest BCUT2D eigenvalue weighted by Gasteiger charge is -2.08. The molecule has 0 aromatic heterocycles. The fraction of sp³-hybridized carbons (Fsp3) is 0. The van der Waals surface area contributed by atoms with Crippen molar-refractivity contribution in [3.05, 3.63) is 33.3 Å². The van der Waals surface area contributed by atoms with E-state index in [0.29, 0.717) is 20.8 Å². The number of phenolic OH excluding ortho intramolecular Hbond substituents is 2. The molecule has 0 unspecified atom stereocenters. The quantitative estimate of drug-likeness (QED) is 0.699. The second-order valence-corrected chi connectivity index (χ2v) is 4.23. The number of halogens is 3. The first-order valence-corrected chi connectivity index (χ1v) is 5.14. The molecule has 0 aliphatic heterocycles. The summed E-state index contributed by atoms with van der Waals surface area (Å²) in [5, 5.41) is 20.6. The van der Waals surface area contributed by atoms with Crippen LogP contribution in [0.15, 0.2) is 18.2 Å². The zero-order chi connectivity index (χ0) is 11.2. The fourth-order valence-corrected chi connectivity index (χ4v) is 2.04. The molecular weight excluding hydrogens is 258 g/mol. The molecule has 0 atom stereocenters. The van der Waals surface area contributed by atoms with Crippen LogP contribution in [0.2, 0.25) is 15.1 Å². The molecule has 15 heavy (non-hydrogen) atoms. The Morgan fingerprint density at radius 1 is 0.800 bits per heavy atom. The van der Waals surface area contributed by atoms with Crippen LogP contribution in [-0.2, 0) is 0 Å². The first kappa shape index (κ1) is 10.7. The molecule has 0 fully saturated rings. The Morgan fingerprint density at radius 2 is 1.40 bits per heavy atom. The van der Waals surface area contributed by atoms with Gasteiger partial charge in [-0.2, -0.15) is 0 Å². The van der Waals surface area contributed by atoms with E-state index in [9.17, 15) is 10.2 Å². The van der Waals surface area contributed by atoms with Gasteiger partial charge in [-0.05, 0) is 18.2 Å². The van der Waals surface area contributed by atoms with Crippen LogP contribution in [0.3, 0.4) is 0 Å². The molecule has 0 radical (unpaired) electrons. The standard InChI is InChI=1S/C10H5Cl3O2/c11-5-1-2-6(12)8-4(5)3-7(13)9(14)10(8)15/h1-3,14-15H. The summed E-state index contributed by atoms with van der Waals surface area (Å²) in [6.45, 7) is 0. The number of aromatic hydroxyl groups is 2. The first-order chi connectivity index (χ1) is 7.02. The van der Waals surface area contributed by atoms with Gasteiger partial charge in [0.15, 0.2) is 11.5 Å². The predicted octanol–water partition coefficient (Wildman–Crippen LogP) is 4.21. The fourth-order valence-electron chi connectivity index (χ4n) is 1.38. The molecule has 78 valence electrons. The molecule has 2 aromatic carbocycles. The van der Waals surface area contributed by atoms with Crippen molar-refractivity contribution in [2.75, 3.05) is 0 Å². The van der Waals surface area contributed by atoms with Crippen molar-refractivity contribution < 1.29 is 10.2 Å². The van der Waals surface area contributed by atoms with Crippen molar-refractivity contribution in [2.45, 2.75) is 0 Å². The molecule has 2 aromatic rings. The van der Waals surface area contributed by atoms with Gasteiger partial charge >= 0.3 is 0 Å². The molecule has 5 heteroatoms. The van der Waals surface area contributed by atoms with Crippen LogP contribution >= 0.6 is 34.8 Å². The monoisotopic (exact) mass is 262 g/mol.